The zero-order valence-corrected chi connectivity index (χ0v) is 10.2. The lowest BCUT2D eigenvalue weighted by atomic mass is 10.2. The molecule has 0 heterocycles. The summed E-state index contributed by atoms with van der Waals surface area (Å²) < 4.78 is 0.948. The fourth-order valence-corrected chi connectivity index (χ4v) is 1.59. The monoisotopic (exact) mass is 308 g/mol. The fraction of sp³-hybridized carbons (Fsp3) is 0.111. The molecule has 1 rings (SSSR count). The largest absolute Gasteiger partial charge is 0.0883 e. The molecule has 0 nitrogen and oxygen atoms in total. The second-order valence-electron chi connectivity index (χ2n) is 2.20. The lowest BCUT2D eigenvalue weighted by Gasteiger charge is -1.99. The van der Waals surface area contributed by atoms with Gasteiger partial charge in [-0.25, -0.2) is 0 Å². The van der Waals surface area contributed by atoms with E-state index in [1.807, 2.05) is 30.4 Å². The number of benzene rings is 1. The summed E-state index contributed by atoms with van der Waals surface area (Å²) in [6.45, 7) is 0. The third-order valence-corrected chi connectivity index (χ3v) is 3.17. The standard InChI is InChI=1S/C9H7Br2Cl/c10-6-2-4-7-3-1-5-8(12)9(7)11/h1-5H,6H2. The Morgan fingerprint density at radius 1 is 1.42 bits per heavy atom. The molecule has 0 aromatic heterocycles. The van der Waals surface area contributed by atoms with E-state index >= 15 is 0 Å². The molecule has 1 aromatic rings. The van der Waals surface area contributed by atoms with Crippen molar-refractivity contribution in [3.63, 3.8) is 0 Å². The van der Waals surface area contributed by atoms with Gasteiger partial charge in [0, 0.05) is 9.80 Å². The zero-order valence-electron chi connectivity index (χ0n) is 6.23. The molecule has 0 amide bonds. The van der Waals surface area contributed by atoms with Gasteiger partial charge in [-0.3, -0.25) is 0 Å². The van der Waals surface area contributed by atoms with Crippen molar-refractivity contribution < 1.29 is 0 Å². The molecule has 3 heteroatoms. The van der Waals surface area contributed by atoms with Crippen LogP contribution in [0.1, 0.15) is 5.56 Å². The van der Waals surface area contributed by atoms with Gasteiger partial charge in [-0.1, -0.05) is 51.8 Å². The van der Waals surface area contributed by atoms with Gasteiger partial charge in [-0.15, -0.1) is 0 Å². The van der Waals surface area contributed by atoms with Crippen LogP contribution in [0.3, 0.4) is 0 Å². The number of rotatable bonds is 2. The maximum absolute atomic E-state index is 5.90. The van der Waals surface area contributed by atoms with Crippen LogP contribution in [-0.4, -0.2) is 5.33 Å². The van der Waals surface area contributed by atoms with Gasteiger partial charge in [0.05, 0.1) is 5.02 Å². The van der Waals surface area contributed by atoms with Gasteiger partial charge in [0.2, 0.25) is 0 Å². The Morgan fingerprint density at radius 3 is 2.83 bits per heavy atom. The van der Waals surface area contributed by atoms with Crippen LogP contribution in [0, 0.1) is 0 Å². The molecule has 0 bridgehead atoms. The third kappa shape index (κ3) is 2.61. The fourth-order valence-electron chi connectivity index (χ4n) is 0.821. The van der Waals surface area contributed by atoms with Crippen molar-refractivity contribution in [3.8, 4) is 0 Å². The predicted molar refractivity (Wildman–Crippen MR) is 62.0 cm³/mol. The van der Waals surface area contributed by atoms with E-state index in [1.165, 1.54) is 0 Å². The first kappa shape index (κ1) is 10.3. The van der Waals surface area contributed by atoms with Crippen LogP contribution in [-0.2, 0) is 0 Å². The van der Waals surface area contributed by atoms with E-state index in [9.17, 15) is 0 Å². The lowest BCUT2D eigenvalue weighted by Crippen LogP contribution is -1.76. The van der Waals surface area contributed by atoms with E-state index in [0.717, 1.165) is 20.4 Å². The minimum absolute atomic E-state index is 0.742. The van der Waals surface area contributed by atoms with Crippen molar-refractivity contribution in [3.05, 3.63) is 39.3 Å². The third-order valence-electron chi connectivity index (χ3n) is 1.37. The number of allylic oxidation sites excluding steroid dienone is 1. The molecule has 0 radical (unpaired) electrons. The summed E-state index contributed by atoms with van der Waals surface area (Å²) in [5.74, 6) is 0. The molecule has 0 aliphatic rings. The second kappa shape index (κ2) is 5.05. The molecule has 0 aliphatic heterocycles. The molecule has 64 valence electrons. The molecule has 0 spiro atoms. The number of hydrogen-bond donors (Lipinski definition) is 0. The highest BCUT2D eigenvalue weighted by Crippen LogP contribution is 2.26. The van der Waals surface area contributed by atoms with Crippen molar-refractivity contribution in [2.45, 2.75) is 0 Å². The Balaban J connectivity index is 3.00. The number of halogens is 3. The van der Waals surface area contributed by atoms with Crippen molar-refractivity contribution in [2.24, 2.45) is 0 Å². The van der Waals surface area contributed by atoms with Crippen LogP contribution in [0.15, 0.2) is 28.7 Å². The van der Waals surface area contributed by atoms with Gasteiger partial charge in [-0.05, 0) is 27.6 Å². The van der Waals surface area contributed by atoms with E-state index < -0.39 is 0 Å². The van der Waals surface area contributed by atoms with Gasteiger partial charge in [0.1, 0.15) is 0 Å². The SMILES string of the molecule is Clc1cccc(C=CCBr)c1Br. The summed E-state index contributed by atoms with van der Waals surface area (Å²) in [6, 6.07) is 5.80. The molecular formula is C9H7Br2Cl. The van der Waals surface area contributed by atoms with Crippen LogP contribution in [0.2, 0.25) is 5.02 Å². The predicted octanol–water partition coefficient (Wildman–Crippen LogP) is 4.51. The Hall–Kier alpha value is 0.210. The molecule has 0 saturated carbocycles. The van der Waals surface area contributed by atoms with Gasteiger partial charge in [-0.2, -0.15) is 0 Å². The second-order valence-corrected chi connectivity index (χ2v) is 4.05. The highest BCUT2D eigenvalue weighted by atomic mass is 79.9. The first-order chi connectivity index (χ1) is 5.75. The van der Waals surface area contributed by atoms with Crippen molar-refractivity contribution in [1.82, 2.24) is 0 Å². The average Bonchev–Trinajstić information content (AvgIpc) is 2.08. The Morgan fingerprint density at radius 2 is 2.17 bits per heavy atom. The minimum atomic E-state index is 0.742. The molecule has 0 aliphatic carbocycles. The summed E-state index contributed by atoms with van der Waals surface area (Å²) in [5.41, 5.74) is 1.10. The number of alkyl halides is 1. The van der Waals surface area contributed by atoms with Crippen molar-refractivity contribution in [1.29, 1.82) is 0 Å². The summed E-state index contributed by atoms with van der Waals surface area (Å²) in [6.07, 6.45) is 4.04. The minimum Gasteiger partial charge on any atom is -0.0883 e. The maximum Gasteiger partial charge on any atom is 0.0554 e. The van der Waals surface area contributed by atoms with E-state index in [1.54, 1.807) is 0 Å². The van der Waals surface area contributed by atoms with Crippen LogP contribution in [0.5, 0.6) is 0 Å². The normalized spacial score (nSPS) is 10.9. The molecule has 12 heavy (non-hydrogen) atoms. The van der Waals surface area contributed by atoms with Gasteiger partial charge in [0.15, 0.2) is 0 Å². The van der Waals surface area contributed by atoms with Crippen LogP contribution in [0.25, 0.3) is 6.08 Å². The molecule has 0 N–H and O–H groups in total. The molecule has 0 unspecified atom stereocenters. The van der Waals surface area contributed by atoms with Crippen LogP contribution >= 0.6 is 43.5 Å². The van der Waals surface area contributed by atoms with Gasteiger partial charge >= 0.3 is 0 Å². The van der Waals surface area contributed by atoms with E-state index in [2.05, 4.69) is 31.9 Å². The van der Waals surface area contributed by atoms with Crippen molar-refractivity contribution in [2.75, 3.05) is 5.33 Å². The zero-order chi connectivity index (χ0) is 8.97. The average molecular weight is 310 g/mol. The summed E-state index contributed by atoms with van der Waals surface area (Å²) in [7, 11) is 0. The molecule has 1 aromatic carbocycles. The molecule has 0 saturated heterocycles. The highest BCUT2D eigenvalue weighted by Gasteiger charge is 1.98. The molecular weight excluding hydrogens is 303 g/mol. The number of hydrogen-bond acceptors (Lipinski definition) is 0. The van der Waals surface area contributed by atoms with Crippen molar-refractivity contribution >= 4 is 49.5 Å². The lowest BCUT2D eigenvalue weighted by molar-refractivity contribution is 1.59. The van der Waals surface area contributed by atoms with E-state index in [-0.39, 0.29) is 0 Å². The van der Waals surface area contributed by atoms with Crippen LogP contribution < -0.4 is 0 Å². The molecule has 0 fully saturated rings. The quantitative estimate of drug-likeness (QED) is 0.705. The van der Waals surface area contributed by atoms with E-state index in [4.69, 9.17) is 11.6 Å². The Kier molecular flexibility index (Phi) is 4.33. The van der Waals surface area contributed by atoms with E-state index in [0.29, 0.717) is 0 Å². The Bertz CT molecular complexity index is 295. The maximum atomic E-state index is 5.90. The van der Waals surface area contributed by atoms with Crippen LogP contribution in [0.4, 0.5) is 0 Å². The summed E-state index contributed by atoms with van der Waals surface area (Å²) >= 11 is 12.6. The summed E-state index contributed by atoms with van der Waals surface area (Å²) in [5, 5.41) is 1.60. The highest BCUT2D eigenvalue weighted by molar-refractivity contribution is 9.10. The summed E-state index contributed by atoms with van der Waals surface area (Å²) in [4.78, 5) is 0. The first-order valence-corrected chi connectivity index (χ1v) is 5.71. The smallest absolute Gasteiger partial charge is 0.0554 e. The van der Waals surface area contributed by atoms with Gasteiger partial charge in [0.25, 0.3) is 0 Å². The topological polar surface area (TPSA) is 0 Å². The first-order valence-electron chi connectivity index (χ1n) is 3.42. The Labute approximate surface area is 93.9 Å². The van der Waals surface area contributed by atoms with Gasteiger partial charge < -0.3 is 0 Å². The molecule has 0 atom stereocenters.